The minimum atomic E-state index is -1.47. The Balaban J connectivity index is 2.17. The molecular formula is C28H38O4Si. The van der Waals surface area contributed by atoms with Crippen LogP contribution in [0.25, 0.3) is 0 Å². The highest BCUT2D eigenvalue weighted by atomic mass is 28.3. The lowest BCUT2D eigenvalue weighted by atomic mass is 9.96. The molecule has 4 nitrogen and oxygen atoms in total. The van der Waals surface area contributed by atoms with Crippen LogP contribution in [-0.2, 0) is 19.1 Å². The van der Waals surface area contributed by atoms with Crippen molar-refractivity contribution in [3.05, 3.63) is 83.7 Å². The summed E-state index contributed by atoms with van der Waals surface area (Å²) in [5.74, 6) is -0.289. The molecule has 0 aliphatic carbocycles. The van der Waals surface area contributed by atoms with Gasteiger partial charge in [0.2, 0.25) is 0 Å². The second kappa shape index (κ2) is 11.6. The fourth-order valence-corrected chi connectivity index (χ4v) is 6.03. The second-order valence-electron chi connectivity index (χ2n) is 9.97. The van der Waals surface area contributed by atoms with Gasteiger partial charge in [-0.05, 0) is 48.6 Å². The van der Waals surface area contributed by atoms with Crippen LogP contribution < -0.4 is 0 Å². The topological polar surface area (TPSA) is 55.9 Å². The van der Waals surface area contributed by atoms with Gasteiger partial charge in [0.15, 0.2) is 0 Å². The van der Waals surface area contributed by atoms with Crippen LogP contribution in [0, 0.1) is 0 Å². The number of carbonyl (C=O) groups is 2. The minimum absolute atomic E-state index is 0.171. The van der Waals surface area contributed by atoms with Crippen LogP contribution in [0.3, 0.4) is 0 Å². The van der Waals surface area contributed by atoms with Gasteiger partial charge in [0.1, 0.15) is 24.6 Å². The normalized spacial score (nSPS) is 27.3. The van der Waals surface area contributed by atoms with E-state index in [0.717, 1.165) is 35.0 Å². The molecule has 2 aliphatic rings. The van der Waals surface area contributed by atoms with Gasteiger partial charge in [0.25, 0.3) is 0 Å². The summed E-state index contributed by atoms with van der Waals surface area (Å²) in [7, 11) is -1.47. The average molecular weight is 467 g/mol. The van der Waals surface area contributed by atoms with E-state index in [1.807, 2.05) is 18.2 Å². The number of ether oxygens (including phenoxy) is 2. The summed E-state index contributed by atoms with van der Waals surface area (Å²) in [6.45, 7) is 25.3. The molecule has 0 aromatic carbocycles. The number of carbonyl (C=O) groups excluding carboxylic acids is 2. The Bertz CT molecular complexity index is 926. The van der Waals surface area contributed by atoms with Gasteiger partial charge in [0, 0.05) is 19.3 Å². The number of cyclic esters (lactones) is 1. The molecule has 33 heavy (non-hydrogen) atoms. The van der Waals surface area contributed by atoms with E-state index in [-0.39, 0.29) is 24.6 Å². The summed E-state index contributed by atoms with van der Waals surface area (Å²) >= 11 is 0. The predicted octanol–water partition coefficient (Wildman–Crippen LogP) is 6.36. The zero-order valence-corrected chi connectivity index (χ0v) is 21.6. The third-order valence-corrected chi connectivity index (χ3v) is 8.08. The molecule has 2 aliphatic heterocycles. The Morgan fingerprint density at radius 2 is 1.88 bits per heavy atom. The zero-order valence-electron chi connectivity index (χ0n) is 20.6. The summed E-state index contributed by atoms with van der Waals surface area (Å²) in [6, 6.07) is 0. The summed E-state index contributed by atoms with van der Waals surface area (Å²) in [5.41, 5.74) is 4.07. The maximum Gasteiger partial charge on any atom is 0.306 e. The maximum absolute atomic E-state index is 12.5. The average Bonchev–Trinajstić information content (AvgIpc) is 3.48. The highest BCUT2D eigenvalue weighted by molar-refractivity contribution is 6.84. The van der Waals surface area contributed by atoms with Crippen LogP contribution in [0.1, 0.15) is 39.0 Å². The number of epoxide rings is 1. The standard InChI is InChI=1S/C28H38O4Si/c1-19(2)26(33(6,7)8)12-10-9-11-24-16-22(5)28-25(32-28)17-23(18-29)15-21(4)20(3)13-14-27(30)31-24/h9,11-12,17-18,24-25,28H,1,3-5,10,13-16H2,2,6-8H3/b11-9+,23-17+,26-12-/t24-,25-,28-/m1/s1. The molecule has 1 saturated heterocycles. The van der Waals surface area contributed by atoms with E-state index in [1.54, 1.807) is 0 Å². The van der Waals surface area contributed by atoms with Crippen LogP contribution in [0.4, 0.5) is 0 Å². The van der Waals surface area contributed by atoms with E-state index < -0.39 is 14.2 Å². The Kier molecular flexibility index (Phi) is 9.38. The molecule has 0 amide bonds. The van der Waals surface area contributed by atoms with E-state index in [1.165, 1.54) is 5.20 Å². The Morgan fingerprint density at radius 3 is 2.48 bits per heavy atom. The molecule has 0 bridgehead atoms. The van der Waals surface area contributed by atoms with Crippen molar-refractivity contribution in [1.29, 1.82) is 0 Å². The molecule has 0 unspecified atom stereocenters. The van der Waals surface area contributed by atoms with Gasteiger partial charge in [-0.15, -0.1) is 0 Å². The Labute approximate surface area is 200 Å². The first-order valence-electron chi connectivity index (χ1n) is 11.5. The highest BCUT2D eigenvalue weighted by Gasteiger charge is 2.40. The lowest BCUT2D eigenvalue weighted by Crippen LogP contribution is -2.24. The molecule has 2 heterocycles. The Hall–Kier alpha value is -2.50. The smallest absolute Gasteiger partial charge is 0.306 e. The molecule has 0 aromatic rings. The number of aldehydes is 1. The SMILES string of the molecule is C=C1CCC(=O)O[C@H](/C=C/C/C=C(/C(=C)C)[Si](C)(C)C)CC(=C)[C@H]2O[C@@H]2/C=C(/C=O)CC1=C. The van der Waals surface area contributed by atoms with Gasteiger partial charge < -0.3 is 9.47 Å². The predicted molar refractivity (Wildman–Crippen MR) is 139 cm³/mol. The van der Waals surface area contributed by atoms with E-state index in [9.17, 15) is 9.59 Å². The van der Waals surface area contributed by atoms with Gasteiger partial charge in [-0.2, -0.15) is 0 Å². The Morgan fingerprint density at radius 1 is 1.18 bits per heavy atom. The first kappa shape index (κ1) is 26.7. The van der Waals surface area contributed by atoms with Gasteiger partial charge in [-0.3, -0.25) is 9.59 Å². The van der Waals surface area contributed by atoms with Crippen molar-refractivity contribution < 1.29 is 19.1 Å². The molecule has 2 rings (SSSR count). The highest BCUT2D eigenvalue weighted by Crippen LogP contribution is 2.34. The summed E-state index contributed by atoms with van der Waals surface area (Å²) in [6.07, 6.45) is 10.4. The second-order valence-corrected chi connectivity index (χ2v) is 15.0. The van der Waals surface area contributed by atoms with Gasteiger partial charge in [-0.1, -0.05) is 74.5 Å². The minimum Gasteiger partial charge on any atom is -0.458 e. The summed E-state index contributed by atoms with van der Waals surface area (Å²) < 4.78 is 11.5. The zero-order chi connectivity index (χ0) is 24.8. The van der Waals surface area contributed by atoms with Crippen LogP contribution in [-0.4, -0.2) is 38.6 Å². The number of rotatable bonds is 6. The molecule has 178 valence electrons. The van der Waals surface area contributed by atoms with Crippen molar-refractivity contribution in [2.45, 2.75) is 77.0 Å². The number of allylic oxidation sites excluding steroid dienone is 7. The third-order valence-electron chi connectivity index (χ3n) is 5.83. The fourth-order valence-electron chi connectivity index (χ4n) is 4.02. The van der Waals surface area contributed by atoms with Gasteiger partial charge in [0.05, 0.1) is 8.07 Å². The van der Waals surface area contributed by atoms with Crippen molar-refractivity contribution in [1.82, 2.24) is 0 Å². The van der Waals surface area contributed by atoms with Crippen molar-refractivity contribution >= 4 is 20.3 Å². The van der Waals surface area contributed by atoms with Crippen molar-refractivity contribution in [2.24, 2.45) is 0 Å². The van der Waals surface area contributed by atoms with Crippen LogP contribution in [0.2, 0.25) is 19.6 Å². The molecule has 0 spiro atoms. The summed E-state index contributed by atoms with van der Waals surface area (Å²) in [4.78, 5) is 24.0. The molecule has 0 aromatic heterocycles. The van der Waals surface area contributed by atoms with E-state index in [4.69, 9.17) is 9.47 Å². The first-order chi connectivity index (χ1) is 15.4. The lowest BCUT2D eigenvalue weighted by Gasteiger charge is -2.21. The lowest BCUT2D eigenvalue weighted by molar-refractivity contribution is -0.146. The largest absolute Gasteiger partial charge is 0.458 e. The van der Waals surface area contributed by atoms with Crippen molar-refractivity contribution in [3.63, 3.8) is 0 Å². The summed E-state index contributed by atoms with van der Waals surface area (Å²) in [5, 5.41) is 1.35. The van der Waals surface area contributed by atoms with Crippen molar-refractivity contribution in [3.8, 4) is 0 Å². The van der Waals surface area contributed by atoms with Crippen LogP contribution in [0.5, 0.6) is 0 Å². The molecule has 3 atom stereocenters. The molecule has 5 heteroatoms. The molecule has 1 fully saturated rings. The van der Waals surface area contributed by atoms with Crippen LogP contribution in [0.15, 0.2) is 83.7 Å². The monoisotopic (exact) mass is 466 g/mol. The van der Waals surface area contributed by atoms with Crippen LogP contribution >= 0.6 is 0 Å². The quantitative estimate of drug-likeness (QED) is 0.114. The molecule has 0 radical (unpaired) electrons. The van der Waals surface area contributed by atoms with Crippen molar-refractivity contribution in [2.75, 3.05) is 0 Å². The van der Waals surface area contributed by atoms with E-state index in [0.29, 0.717) is 24.8 Å². The number of fused-ring (bicyclic) bond motifs is 1. The van der Waals surface area contributed by atoms with Gasteiger partial charge in [-0.25, -0.2) is 0 Å². The third kappa shape index (κ3) is 8.41. The number of hydrogen-bond acceptors (Lipinski definition) is 4. The number of hydrogen-bond donors (Lipinski definition) is 0. The first-order valence-corrected chi connectivity index (χ1v) is 15.0. The fraction of sp³-hybridized carbons (Fsp3) is 0.429. The molecular weight excluding hydrogens is 428 g/mol. The molecule has 0 N–H and O–H groups in total. The van der Waals surface area contributed by atoms with E-state index >= 15 is 0 Å². The molecule has 0 saturated carbocycles. The van der Waals surface area contributed by atoms with Gasteiger partial charge >= 0.3 is 5.97 Å². The van der Waals surface area contributed by atoms with E-state index in [2.05, 4.69) is 59.0 Å². The maximum atomic E-state index is 12.5. The number of esters is 1.